The minimum absolute atomic E-state index is 0.968. The van der Waals surface area contributed by atoms with E-state index in [1.54, 1.807) is 0 Å². The maximum atomic E-state index is 9.80. The summed E-state index contributed by atoms with van der Waals surface area (Å²) in [5.74, 6) is 0. The predicted molar refractivity (Wildman–Crippen MR) is 144 cm³/mol. The summed E-state index contributed by atoms with van der Waals surface area (Å²) in [5.41, 5.74) is -0.644. The Morgan fingerprint density at radius 1 is 0.677 bits per heavy atom. The van der Waals surface area contributed by atoms with Gasteiger partial charge in [0, 0.05) is 4.90 Å². The van der Waals surface area contributed by atoms with E-state index >= 15 is 0 Å². The van der Waals surface area contributed by atoms with E-state index < -0.39 is 5.69 Å². The second-order valence-corrected chi connectivity index (χ2v) is 14.9. The Bertz CT molecular complexity index is 615. The molecule has 0 saturated carbocycles. The molecule has 1 rings (SSSR count). The van der Waals surface area contributed by atoms with Gasteiger partial charge in [0.25, 0.3) is 0 Å². The fourth-order valence-corrected chi connectivity index (χ4v) is 6.80. The molecule has 0 aromatic heterocycles. The van der Waals surface area contributed by atoms with Crippen molar-refractivity contribution in [3.63, 3.8) is 0 Å². The Morgan fingerprint density at radius 2 is 1.13 bits per heavy atom. The monoisotopic (exact) mass is 486 g/mol. The lowest BCUT2D eigenvalue weighted by molar-refractivity contribution is 0.502. The van der Waals surface area contributed by atoms with Crippen molar-refractivity contribution in [2.24, 2.45) is 0 Å². The largest absolute Gasteiger partial charge is 0.337 e. The smallest absolute Gasteiger partial charge is 0.246 e. The molecule has 2 nitrogen and oxygen atoms in total. The van der Waals surface area contributed by atoms with Crippen LogP contribution in [0.15, 0.2) is 23.1 Å². The first-order valence-electron chi connectivity index (χ1n) is 12.8. The second-order valence-electron chi connectivity index (χ2n) is 8.97. The van der Waals surface area contributed by atoms with Crippen LogP contribution in [0.5, 0.6) is 0 Å². The van der Waals surface area contributed by atoms with E-state index in [2.05, 4.69) is 32.0 Å². The molecule has 0 fully saturated rings. The van der Waals surface area contributed by atoms with Crippen molar-refractivity contribution in [2.75, 3.05) is 0 Å². The van der Waals surface area contributed by atoms with Gasteiger partial charge in [-0.2, -0.15) is 0 Å². The molecule has 0 saturated heterocycles. The van der Waals surface area contributed by atoms with Gasteiger partial charge < -0.3 is 9.79 Å². The van der Waals surface area contributed by atoms with E-state index in [0.717, 1.165) is 29.1 Å². The van der Waals surface area contributed by atoms with Crippen LogP contribution < -0.4 is 0 Å². The van der Waals surface area contributed by atoms with Crippen LogP contribution in [0.3, 0.4) is 0 Å². The zero-order valence-electron chi connectivity index (χ0n) is 20.1. The van der Waals surface area contributed by atoms with Gasteiger partial charge in [-0.1, -0.05) is 116 Å². The Hall–Kier alpha value is 0.140. The van der Waals surface area contributed by atoms with Crippen LogP contribution in [-0.4, -0.2) is 9.79 Å². The van der Waals surface area contributed by atoms with Crippen molar-refractivity contribution < 1.29 is 9.79 Å². The average molecular weight is 487 g/mol. The van der Waals surface area contributed by atoms with E-state index in [0.29, 0.717) is 0 Å². The van der Waals surface area contributed by atoms with Crippen LogP contribution in [-0.2, 0) is 24.6 Å². The maximum absolute atomic E-state index is 9.80. The molecule has 5 heteroatoms. The van der Waals surface area contributed by atoms with Crippen molar-refractivity contribution in [3.8, 4) is 0 Å². The minimum Gasteiger partial charge on any atom is -0.337 e. The van der Waals surface area contributed by atoms with Crippen LogP contribution in [0.2, 0.25) is 0 Å². The molecule has 0 amide bonds. The second kappa shape index (κ2) is 18.6. The molecule has 0 atom stereocenters. The fourth-order valence-electron chi connectivity index (χ4n) is 4.11. The molecule has 1 aromatic carbocycles. The molecule has 0 aliphatic heterocycles. The average Bonchev–Trinajstić information content (AvgIpc) is 2.72. The number of unbranched alkanes of at least 4 members (excludes halogenated alkanes) is 14. The molecule has 0 spiro atoms. The van der Waals surface area contributed by atoms with Crippen molar-refractivity contribution in [1.29, 1.82) is 0 Å². The number of hydrogen-bond donors (Lipinski definition) is 2. The van der Waals surface area contributed by atoms with Crippen LogP contribution in [0, 0.1) is 0 Å². The maximum Gasteiger partial charge on any atom is 0.246 e. The number of aryl methyl sites for hydroxylation is 2. The third-order valence-electron chi connectivity index (χ3n) is 5.96. The van der Waals surface area contributed by atoms with Gasteiger partial charge in [-0.15, -0.1) is 0 Å². The molecule has 0 heterocycles. The molecule has 0 radical (unpaired) electrons. The number of hydrogen-bond acceptors (Lipinski definition) is 2. The summed E-state index contributed by atoms with van der Waals surface area (Å²) >= 11 is 5.98. The Labute approximate surface area is 201 Å². The standard InChI is InChI=1S/C26H47O2PS2/c1-3-5-7-9-11-13-15-17-19-24-21-22-26(31-29(27,28)30)25(23-24)20-18-16-14-12-10-8-6-4-2/h21-23H,3-20H2,1-2H3,(H2,27,28,30). The van der Waals surface area contributed by atoms with E-state index in [4.69, 9.17) is 11.8 Å². The van der Waals surface area contributed by atoms with E-state index in [-0.39, 0.29) is 0 Å². The van der Waals surface area contributed by atoms with Gasteiger partial charge in [0.15, 0.2) is 0 Å². The third-order valence-corrected chi connectivity index (χ3v) is 8.77. The highest BCUT2D eigenvalue weighted by Gasteiger charge is 2.14. The summed E-state index contributed by atoms with van der Waals surface area (Å²) < 4.78 is 0. The number of rotatable bonds is 20. The van der Waals surface area contributed by atoms with Gasteiger partial charge in [0.05, 0.1) is 0 Å². The lowest BCUT2D eigenvalue weighted by atomic mass is 9.99. The molecule has 31 heavy (non-hydrogen) atoms. The van der Waals surface area contributed by atoms with Gasteiger partial charge in [-0.05, 0) is 66.1 Å². The minimum atomic E-state index is -3.28. The predicted octanol–water partition coefficient (Wildman–Crippen LogP) is 9.35. The summed E-state index contributed by atoms with van der Waals surface area (Å²) in [4.78, 5) is 20.6. The lowest BCUT2D eigenvalue weighted by Crippen LogP contribution is -1.94. The van der Waals surface area contributed by atoms with Gasteiger partial charge in [-0.3, -0.25) is 0 Å². The fraction of sp³-hybridized carbons (Fsp3) is 0.769. The quantitative estimate of drug-likeness (QED) is 0.142. The summed E-state index contributed by atoms with van der Waals surface area (Å²) in [6, 6.07) is 6.53. The number of benzene rings is 1. The zero-order chi connectivity index (χ0) is 22.8. The van der Waals surface area contributed by atoms with Gasteiger partial charge in [-0.25, -0.2) is 0 Å². The molecule has 0 unspecified atom stereocenters. The molecule has 2 N–H and O–H groups in total. The highest BCUT2D eigenvalue weighted by molar-refractivity contribution is 8.67. The van der Waals surface area contributed by atoms with Gasteiger partial charge in [0.1, 0.15) is 0 Å². The summed E-state index contributed by atoms with van der Waals surface area (Å²) in [6.07, 6.45) is 23.3. The highest BCUT2D eigenvalue weighted by Crippen LogP contribution is 2.55. The molecule has 180 valence electrons. The molecule has 0 aliphatic carbocycles. The van der Waals surface area contributed by atoms with Crippen LogP contribution >= 0.6 is 17.1 Å². The Balaban J connectivity index is 2.44. The van der Waals surface area contributed by atoms with Gasteiger partial charge >= 0.3 is 0 Å². The summed E-state index contributed by atoms with van der Waals surface area (Å²) in [6.45, 7) is 4.53. The zero-order valence-corrected chi connectivity index (χ0v) is 22.6. The van der Waals surface area contributed by atoms with Gasteiger partial charge in [0.2, 0.25) is 5.69 Å². The van der Waals surface area contributed by atoms with Crippen molar-refractivity contribution >= 4 is 28.9 Å². The molecular formula is C26H47O2PS2. The topological polar surface area (TPSA) is 40.5 Å². The lowest BCUT2D eigenvalue weighted by Gasteiger charge is -2.14. The van der Waals surface area contributed by atoms with E-state index in [1.165, 1.54) is 114 Å². The third kappa shape index (κ3) is 16.4. The molecule has 0 aliphatic rings. The Morgan fingerprint density at radius 3 is 1.61 bits per heavy atom. The van der Waals surface area contributed by atoms with Crippen molar-refractivity contribution in [3.05, 3.63) is 29.3 Å². The van der Waals surface area contributed by atoms with E-state index in [9.17, 15) is 9.79 Å². The van der Waals surface area contributed by atoms with Crippen LogP contribution in [0.1, 0.15) is 128 Å². The SMILES string of the molecule is CCCCCCCCCCc1ccc(SP(O)(O)=S)c(CCCCCCCCCC)c1. The van der Waals surface area contributed by atoms with E-state index in [1.807, 2.05) is 0 Å². The van der Waals surface area contributed by atoms with Crippen molar-refractivity contribution in [1.82, 2.24) is 0 Å². The molecular weight excluding hydrogens is 439 g/mol. The molecule has 0 bridgehead atoms. The van der Waals surface area contributed by atoms with Crippen molar-refractivity contribution in [2.45, 2.75) is 134 Å². The van der Waals surface area contributed by atoms with Crippen LogP contribution in [0.25, 0.3) is 0 Å². The first-order valence-corrected chi connectivity index (χ1v) is 17.0. The first kappa shape index (κ1) is 29.2. The Kier molecular flexibility index (Phi) is 17.5. The highest BCUT2D eigenvalue weighted by atomic mass is 32.9. The summed E-state index contributed by atoms with van der Waals surface area (Å²) in [7, 11) is 0. The molecule has 1 aromatic rings. The normalized spacial score (nSPS) is 11.9. The first-order chi connectivity index (χ1) is 15.0. The van der Waals surface area contributed by atoms with Crippen LogP contribution in [0.4, 0.5) is 0 Å². The summed E-state index contributed by atoms with van der Waals surface area (Å²) in [5, 5.41) is 0.